The zero-order valence-corrected chi connectivity index (χ0v) is 11.1. The molecule has 0 unspecified atom stereocenters. The number of nitrogens with zero attached hydrogens (tertiary/aromatic N) is 1. The third-order valence-corrected chi connectivity index (χ3v) is 2.46. The van der Waals surface area contributed by atoms with Crippen molar-refractivity contribution in [2.75, 3.05) is 21.3 Å². The first-order valence-electron chi connectivity index (χ1n) is 5.76. The maximum atomic E-state index is 5.59. The van der Waals surface area contributed by atoms with E-state index in [0.29, 0.717) is 23.8 Å². The van der Waals surface area contributed by atoms with Gasteiger partial charge >= 0.3 is 6.08 Å². The molecule has 0 radical (unpaired) electrons. The largest absolute Gasteiger partial charge is 0.493 e. The van der Waals surface area contributed by atoms with Crippen LogP contribution in [0.3, 0.4) is 0 Å². The van der Waals surface area contributed by atoms with Gasteiger partial charge in [-0.25, -0.2) is 0 Å². The number of nitrogens with one attached hydrogen (secondary N) is 1. The van der Waals surface area contributed by atoms with Crippen LogP contribution in [0, 0.1) is 0 Å². The van der Waals surface area contributed by atoms with Gasteiger partial charge in [0.25, 0.3) is 0 Å². The molecule has 0 aliphatic rings. The summed E-state index contributed by atoms with van der Waals surface area (Å²) in [5.74, 6) is 1.53. The normalized spacial score (nSPS) is 10.3. The summed E-state index contributed by atoms with van der Waals surface area (Å²) in [5, 5.41) is 2.98. The Hall–Kier alpha value is -2.21. The number of oxazole rings is 1. The molecule has 2 rings (SSSR count). The Kier molecular flexibility index (Phi) is 4.25. The molecule has 1 aromatic heterocycles. The predicted molar refractivity (Wildman–Crippen MR) is 68.9 cm³/mol. The van der Waals surface area contributed by atoms with Crippen molar-refractivity contribution >= 4 is 0 Å². The van der Waals surface area contributed by atoms with Gasteiger partial charge in [-0.1, -0.05) is 6.07 Å². The molecule has 1 N–H and O–H groups in total. The molecule has 0 aliphatic carbocycles. The van der Waals surface area contributed by atoms with Crippen LogP contribution in [0.5, 0.6) is 23.3 Å². The van der Waals surface area contributed by atoms with E-state index in [9.17, 15) is 0 Å². The van der Waals surface area contributed by atoms with Crippen molar-refractivity contribution in [1.82, 2.24) is 10.3 Å². The van der Waals surface area contributed by atoms with Crippen molar-refractivity contribution in [3.05, 3.63) is 30.2 Å². The summed E-state index contributed by atoms with van der Waals surface area (Å²) < 4.78 is 21.3. The van der Waals surface area contributed by atoms with E-state index in [1.807, 2.05) is 13.1 Å². The Labute approximate surface area is 111 Å². The maximum Gasteiger partial charge on any atom is 0.399 e. The molecule has 0 amide bonds. The summed E-state index contributed by atoms with van der Waals surface area (Å²) >= 11 is 0. The van der Waals surface area contributed by atoms with E-state index in [1.54, 1.807) is 26.4 Å². The Morgan fingerprint density at radius 1 is 1.21 bits per heavy atom. The molecule has 6 nitrogen and oxygen atoms in total. The molecule has 0 aliphatic heterocycles. The number of hydrogen-bond acceptors (Lipinski definition) is 6. The number of ether oxygens (including phenoxy) is 3. The van der Waals surface area contributed by atoms with E-state index in [1.165, 1.54) is 6.26 Å². The van der Waals surface area contributed by atoms with E-state index >= 15 is 0 Å². The summed E-state index contributed by atoms with van der Waals surface area (Å²) in [5.41, 5.74) is 0.756. The van der Waals surface area contributed by atoms with Crippen LogP contribution in [-0.4, -0.2) is 26.3 Å². The van der Waals surface area contributed by atoms with Crippen molar-refractivity contribution in [2.45, 2.75) is 6.54 Å². The van der Waals surface area contributed by atoms with E-state index < -0.39 is 0 Å². The van der Waals surface area contributed by atoms with Gasteiger partial charge in [0.05, 0.1) is 19.9 Å². The SMILES string of the molecule is CNCc1coc(Oc2c(OC)cccc2OC)n1. The van der Waals surface area contributed by atoms with Gasteiger partial charge in [0.1, 0.15) is 6.26 Å². The lowest BCUT2D eigenvalue weighted by Gasteiger charge is -2.11. The summed E-state index contributed by atoms with van der Waals surface area (Å²) in [6.07, 6.45) is 1.68. The Balaban J connectivity index is 2.25. The minimum atomic E-state index is 0.146. The summed E-state index contributed by atoms with van der Waals surface area (Å²) in [6, 6.07) is 5.36. The molecule has 19 heavy (non-hydrogen) atoms. The molecule has 0 spiro atoms. The van der Waals surface area contributed by atoms with Crippen molar-refractivity contribution in [2.24, 2.45) is 0 Å². The van der Waals surface area contributed by atoms with Gasteiger partial charge in [-0.2, -0.15) is 4.98 Å². The number of hydrogen-bond donors (Lipinski definition) is 1. The highest BCUT2D eigenvalue weighted by Gasteiger charge is 2.15. The Morgan fingerprint density at radius 3 is 2.47 bits per heavy atom. The molecular weight excluding hydrogens is 248 g/mol. The van der Waals surface area contributed by atoms with E-state index in [2.05, 4.69) is 10.3 Å². The van der Waals surface area contributed by atoms with Gasteiger partial charge in [-0.05, 0) is 19.2 Å². The maximum absolute atomic E-state index is 5.59. The third-order valence-electron chi connectivity index (χ3n) is 2.46. The average Bonchev–Trinajstić information content (AvgIpc) is 2.87. The summed E-state index contributed by atoms with van der Waals surface area (Å²) in [7, 11) is 4.95. The van der Waals surface area contributed by atoms with Crippen molar-refractivity contribution in [3.8, 4) is 23.3 Å². The third kappa shape index (κ3) is 2.97. The highest BCUT2D eigenvalue weighted by atomic mass is 16.6. The van der Waals surface area contributed by atoms with Gasteiger partial charge in [-0.3, -0.25) is 0 Å². The van der Waals surface area contributed by atoms with Crippen LogP contribution in [-0.2, 0) is 6.54 Å². The van der Waals surface area contributed by atoms with Crippen LogP contribution in [0.1, 0.15) is 5.69 Å². The van der Waals surface area contributed by atoms with Crippen LogP contribution < -0.4 is 19.5 Å². The lowest BCUT2D eigenvalue weighted by molar-refractivity contribution is 0.292. The van der Waals surface area contributed by atoms with Gasteiger partial charge in [0.2, 0.25) is 5.75 Å². The highest BCUT2D eigenvalue weighted by Crippen LogP contribution is 2.39. The molecule has 0 saturated heterocycles. The van der Waals surface area contributed by atoms with E-state index in [0.717, 1.165) is 5.69 Å². The topological polar surface area (TPSA) is 65.8 Å². The number of aromatic nitrogens is 1. The van der Waals surface area contributed by atoms with Crippen LogP contribution >= 0.6 is 0 Å². The zero-order chi connectivity index (χ0) is 13.7. The lowest BCUT2D eigenvalue weighted by atomic mass is 10.3. The number of benzene rings is 1. The molecule has 1 heterocycles. The van der Waals surface area contributed by atoms with E-state index in [-0.39, 0.29) is 6.08 Å². The minimum Gasteiger partial charge on any atom is -0.493 e. The minimum absolute atomic E-state index is 0.146. The second-order valence-corrected chi connectivity index (χ2v) is 3.73. The molecule has 0 saturated carbocycles. The van der Waals surface area contributed by atoms with Gasteiger partial charge in [0, 0.05) is 6.54 Å². The van der Waals surface area contributed by atoms with Gasteiger partial charge < -0.3 is 23.9 Å². The van der Waals surface area contributed by atoms with Crippen LogP contribution in [0.2, 0.25) is 0 Å². The Bertz CT molecular complexity index is 517. The van der Waals surface area contributed by atoms with Crippen LogP contribution in [0.15, 0.2) is 28.9 Å². The monoisotopic (exact) mass is 264 g/mol. The number of para-hydroxylation sites is 1. The molecule has 6 heteroatoms. The first-order chi connectivity index (χ1) is 9.28. The molecule has 0 atom stereocenters. The zero-order valence-electron chi connectivity index (χ0n) is 11.1. The average molecular weight is 264 g/mol. The molecule has 102 valence electrons. The molecule has 0 fully saturated rings. The van der Waals surface area contributed by atoms with Crippen molar-refractivity contribution in [1.29, 1.82) is 0 Å². The molecule has 0 bridgehead atoms. The summed E-state index contributed by atoms with van der Waals surface area (Å²) in [6.45, 7) is 0.607. The number of methoxy groups -OCH3 is 2. The fourth-order valence-electron chi connectivity index (χ4n) is 1.60. The smallest absolute Gasteiger partial charge is 0.399 e. The Morgan fingerprint density at radius 2 is 1.89 bits per heavy atom. The summed E-state index contributed by atoms with van der Waals surface area (Å²) in [4.78, 5) is 4.18. The van der Waals surface area contributed by atoms with Gasteiger partial charge in [-0.15, -0.1) is 0 Å². The quantitative estimate of drug-likeness (QED) is 0.862. The van der Waals surface area contributed by atoms with E-state index in [4.69, 9.17) is 18.6 Å². The first kappa shape index (κ1) is 13.2. The fraction of sp³-hybridized carbons (Fsp3) is 0.308. The first-order valence-corrected chi connectivity index (χ1v) is 5.76. The van der Waals surface area contributed by atoms with Crippen LogP contribution in [0.4, 0.5) is 0 Å². The van der Waals surface area contributed by atoms with Gasteiger partial charge in [0.15, 0.2) is 11.5 Å². The fourth-order valence-corrected chi connectivity index (χ4v) is 1.60. The molecule has 2 aromatic rings. The highest BCUT2D eigenvalue weighted by molar-refractivity contribution is 5.52. The molecule has 1 aromatic carbocycles. The van der Waals surface area contributed by atoms with Crippen molar-refractivity contribution < 1.29 is 18.6 Å². The standard InChI is InChI=1S/C13H16N2O4/c1-14-7-9-8-18-13(15-9)19-12-10(16-2)5-4-6-11(12)17-3/h4-6,8,14H,7H2,1-3H3. The number of rotatable bonds is 6. The lowest BCUT2D eigenvalue weighted by Crippen LogP contribution is -2.04. The second kappa shape index (κ2) is 6.10. The van der Waals surface area contributed by atoms with Crippen LogP contribution in [0.25, 0.3) is 0 Å². The second-order valence-electron chi connectivity index (χ2n) is 3.73. The predicted octanol–water partition coefficient (Wildman–Crippen LogP) is 2.20. The molecular formula is C13H16N2O4. The van der Waals surface area contributed by atoms with Crippen molar-refractivity contribution in [3.63, 3.8) is 0 Å².